The summed E-state index contributed by atoms with van der Waals surface area (Å²) in [4.78, 5) is 2.40. The molecule has 0 aliphatic rings. The Hall–Kier alpha value is -0.160. The van der Waals surface area contributed by atoms with E-state index < -0.39 is 0 Å². The second kappa shape index (κ2) is 9.40. The molecule has 4 heteroatoms. The average Bonchev–Trinajstić information content (AvgIpc) is 2.15. The number of likely N-dealkylation sites (N-methyl/N-ethyl adjacent to an activating group) is 1. The van der Waals surface area contributed by atoms with Gasteiger partial charge in [0, 0.05) is 45.3 Å². The lowest BCUT2D eigenvalue weighted by molar-refractivity contribution is 0.228. The first-order valence-electron chi connectivity index (χ1n) is 5.51. The summed E-state index contributed by atoms with van der Waals surface area (Å²) in [6.45, 7) is 10.3. The lowest BCUT2D eigenvalue weighted by atomic mass is 10.3. The Kier molecular flexibility index (Phi) is 9.29. The van der Waals surface area contributed by atoms with Gasteiger partial charge >= 0.3 is 0 Å². The molecule has 86 valence electrons. The van der Waals surface area contributed by atoms with E-state index in [0.29, 0.717) is 6.04 Å². The van der Waals surface area contributed by atoms with Gasteiger partial charge in [0.2, 0.25) is 0 Å². The van der Waals surface area contributed by atoms with Crippen molar-refractivity contribution in [3.63, 3.8) is 0 Å². The van der Waals surface area contributed by atoms with Gasteiger partial charge in [-0.2, -0.15) is 0 Å². The van der Waals surface area contributed by atoms with Crippen LogP contribution in [0.2, 0.25) is 0 Å². The number of hydrogen-bond donors (Lipinski definition) is 3. The first-order valence-corrected chi connectivity index (χ1v) is 5.51. The van der Waals surface area contributed by atoms with Crippen LogP contribution in [0.15, 0.2) is 0 Å². The van der Waals surface area contributed by atoms with Gasteiger partial charge in [0.25, 0.3) is 0 Å². The van der Waals surface area contributed by atoms with Gasteiger partial charge in [0.1, 0.15) is 0 Å². The topological polar surface area (TPSA) is 53.3 Å². The molecule has 0 aliphatic heterocycles. The third-order valence-corrected chi connectivity index (χ3v) is 2.27. The van der Waals surface area contributed by atoms with E-state index in [2.05, 4.69) is 29.4 Å². The smallest absolute Gasteiger partial charge is 0.0110 e. The zero-order valence-corrected chi connectivity index (χ0v) is 9.84. The van der Waals surface area contributed by atoms with Crippen molar-refractivity contribution in [1.82, 2.24) is 15.5 Å². The minimum Gasteiger partial charge on any atom is -0.329 e. The molecule has 4 nitrogen and oxygen atoms in total. The average molecular weight is 202 g/mol. The monoisotopic (exact) mass is 202 g/mol. The SMILES string of the molecule is CNCCNCCN(CCN)C(C)C. The summed E-state index contributed by atoms with van der Waals surface area (Å²) < 4.78 is 0. The fourth-order valence-corrected chi connectivity index (χ4v) is 1.36. The molecule has 14 heavy (non-hydrogen) atoms. The molecule has 0 radical (unpaired) electrons. The quantitative estimate of drug-likeness (QED) is 0.440. The highest BCUT2D eigenvalue weighted by molar-refractivity contribution is 4.64. The maximum absolute atomic E-state index is 5.55. The van der Waals surface area contributed by atoms with Crippen LogP contribution in [0.25, 0.3) is 0 Å². The highest BCUT2D eigenvalue weighted by atomic mass is 15.2. The molecule has 0 saturated heterocycles. The third kappa shape index (κ3) is 7.26. The molecule has 0 amide bonds. The number of nitrogens with zero attached hydrogens (tertiary/aromatic N) is 1. The lowest BCUT2D eigenvalue weighted by Gasteiger charge is -2.25. The normalized spacial score (nSPS) is 11.6. The molecular formula is C10H26N4. The largest absolute Gasteiger partial charge is 0.329 e. The van der Waals surface area contributed by atoms with Gasteiger partial charge in [-0.15, -0.1) is 0 Å². The van der Waals surface area contributed by atoms with Gasteiger partial charge in [-0.3, -0.25) is 4.90 Å². The lowest BCUT2D eigenvalue weighted by Crippen LogP contribution is -2.40. The fraction of sp³-hybridized carbons (Fsp3) is 1.00. The molecule has 0 aromatic rings. The zero-order chi connectivity index (χ0) is 10.8. The summed E-state index contributed by atoms with van der Waals surface area (Å²) in [6, 6.07) is 0.588. The summed E-state index contributed by atoms with van der Waals surface area (Å²) >= 11 is 0. The van der Waals surface area contributed by atoms with E-state index in [1.165, 1.54) is 0 Å². The molecule has 0 fully saturated rings. The molecular weight excluding hydrogens is 176 g/mol. The van der Waals surface area contributed by atoms with E-state index in [1.807, 2.05) is 7.05 Å². The van der Waals surface area contributed by atoms with Crippen LogP contribution in [0.3, 0.4) is 0 Å². The highest BCUT2D eigenvalue weighted by Crippen LogP contribution is 1.94. The molecule has 0 aliphatic carbocycles. The first-order chi connectivity index (χ1) is 6.72. The van der Waals surface area contributed by atoms with Crippen LogP contribution in [0.1, 0.15) is 13.8 Å². The molecule has 0 aromatic heterocycles. The standard InChI is InChI=1S/C10H26N4/c1-10(2)14(8-4-11)9-7-13-6-5-12-3/h10,12-13H,4-9,11H2,1-3H3. The molecule has 0 bridgehead atoms. The second-order valence-electron chi connectivity index (χ2n) is 3.77. The van der Waals surface area contributed by atoms with E-state index in [0.717, 1.165) is 39.3 Å². The van der Waals surface area contributed by atoms with Gasteiger partial charge in [-0.05, 0) is 20.9 Å². The Morgan fingerprint density at radius 2 is 1.86 bits per heavy atom. The number of nitrogens with one attached hydrogen (secondary N) is 2. The summed E-state index contributed by atoms with van der Waals surface area (Å²) in [5.41, 5.74) is 5.55. The number of nitrogens with two attached hydrogens (primary N) is 1. The van der Waals surface area contributed by atoms with Gasteiger partial charge in [-0.25, -0.2) is 0 Å². The van der Waals surface area contributed by atoms with Crippen LogP contribution >= 0.6 is 0 Å². The highest BCUT2D eigenvalue weighted by Gasteiger charge is 2.06. The minimum atomic E-state index is 0.588. The van der Waals surface area contributed by atoms with E-state index in [-0.39, 0.29) is 0 Å². The van der Waals surface area contributed by atoms with Gasteiger partial charge in [0.15, 0.2) is 0 Å². The predicted octanol–water partition coefficient (Wildman–Crippen LogP) is -0.535. The number of rotatable bonds is 9. The van der Waals surface area contributed by atoms with Crippen molar-refractivity contribution < 1.29 is 0 Å². The maximum Gasteiger partial charge on any atom is 0.0110 e. The van der Waals surface area contributed by atoms with Gasteiger partial charge in [-0.1, -0.05) is 0 Å². The molecule has 4 N–H and O–H groups in total. The summed E-state index contributed by atoms with van der Waals surface area (Å²) in [5.74, 6) is 0. The van der Waals surface area contributed by atoms with E-state index in [4.69, 9.17) is 5.73 Å². The first kappa shape index (κ1) is 13.8. The van der Waals surface area contributed by atoms with Crippen LogP contribution in [-0.4, -0.2) is 57.3 Å². The summed E-state index contributed by atoms with van der Waals surface area (Å²) in [5, 5.41) is 6.49. The molecule has 0 unspecified atom stereocenters. The Balaban J connectivity index is 3.41. The van der Waals surface area contributed by atoms with Crippen LogP contribution in [0, 0.1) is 0 Å². The van der Waals surface area contributed by atoms with Crippen molar-refractivity contribution in [1.29, 1.82) is 0 Å². The molecule has 0 rings (SSSR count). The Morgan fingerprint density at radius 3 is 2.36 bits per heavy atom. The predicted molar refractivity (Wildman–Crippen MR) is 62.6 cm³/mol. The molecule has 0 aromatic carbocycles. The van der Waals surface area contributed by atoms with Crippen molar-refractivity contribution in [2.24, 2.45) is 5.73 Å². The van der Waals surface area contributed by atoms with Crippen LogP contribution < -0.4 is 16.4 Å². The van der Waals surface area contributed by atoms with Crippen LogP contribution in [0.5, 0.6) is 0 Å². The third-order valence-electron chi connectivity index (χ3n) is 2.27. The zero-order valence-electron chi connectivity index (χ0n) is 9.84. The Bertz CT molecular complexity index is 117. The Morgan fingerprint density at radius 1 is 1.14 bits per heavy atom. The van der Waals surface area contributed by atoms with Crippen molar-refractivity contribution >= 4 is 0 Å². The summed E-state index contributed by atoms with van der Waals surface area (Å²) in [6.07, 6.45) is 0. The van der Waals surface area contributed by atoms with Crippen LogP contribution in [0.4, 0.5) is 0 Å². The minimum absolute atomic E-state index is 0.588. The molecule has 0 atom stereocenters. The summed E-state index contributed by atoms with van der Waals surface area (Å²) in [7, 11) is 1.97. The van der Waals surface area contributed by atoms with Gasteiger partial charge in [0.05, 0.1) is 0 Å². The van der Waals surface area contributed by atoms with Crippen LogP contribution in [-0.2, 0) is 0 Å². The van der Waals surface area contributed by atoms with Crippen molar-refractivity contribution in [2.45, 2.75) is 19.9 Å². The maximum atomic E-state index is 5.55. The van der Waals surface area contributed by atoms with Crippen molar-refractivity contribution in [3.8, 4) is 0 Å². The second-order valence-corrected chi connectivity index (χ2v) is 3.77. The van der Waals surface area contributed by atoms with Crippen molar-refractivity contribution in [2.75, 3.05) is 46.3 Å². The van der Waals surface area contributed by atoms with E-state index in [9.17, 15) is 0 Å². The van der Waals surface area contributed by atoms with E-state index in [1.54, 1.807) is 0 Å². The molecule has 0 spiro atoms. The van der Waals surface area contributed by atoms with E-state index >= 15 is 0 Å². The Labute approximate surface area is 88.2 Å². The molecule has 0 heterocycles. The number of hydrogen-bond acceptors (Lipinski definition) is 4. The fourth-order valence-electron chi connectivity index (χ4n) is 1.36. The van der Waals surface area contributed by atoms with Crippen molar-refractivity contribution in [3.05, 3.63) is 0 Å². The molecule has 0 saturated carbocycles. The van der Waals surface area contributed by atoms with Gasteiger partial charge < -0.3 is 16.4 Å².